The number of rotatable bonds is 9. The first-order valence-electron chi connectivity index (χ1n) is 8.84. The zero-order chi connectivity index (χ0) is 19.3. The number of carbonyl (C=O) groups excluding carboxylic acids is 1. The molecule has 25 heavy (non-hydrogen) atoms. The molecule has 0 aliphatic rings. The summed E-state index contributed by atoms with van der Waals surface area (Å²) in [7, 11) is 0. The molecule has 1 aromatic rings. The van der Waals surface area contributed by atoms with Gasteiger partial charge in [-0.05, 0) is 69.4 Å². The predicted octanol–water partition coefficient (Wildman–Crippen LogP) is 4.45. The van der Waals surface area contributed by atoms with Gasteiger partial charge >= 0.3 is 0 Å². The van der Waals surface area contributed by atoms with Crippen LogP contribution in [-0.2, 0) is 22.4 Å². The molecule has 0 fully saturated rings. The number of phenols is 3. The van der Waals surface area contributed by atoms with E-state index in [0.29, 0.717) is 43.3 Å². The van der Waals surface area contributed by atoms with Crippen LogP contribution < -0.4 is 0 Å². The third kappa shape index (κ3) is 6.85. The molecule has 0 aromatic heterocycles. The van der Waals surface area contributed by atoms with Crippen molar-refractivity contribution in [3.63, 3.8) is 0 Å². The maximum Gasteiger partial charge on any atom is 0.293 e. The van der Waals surface area contributed by atoms with Crippen molar-refractivity contribution in [2.75, 3.05) is 0 Å². The lowest BCUT2D eigenvalue weighted by Gasteiger charge is -2.22. The summed E-state index contributed by atoms with van der Waals surface area (Å²) in [5.74, 6) is -0.425. The fourth-order valence-corrected chi connectivity index (χ4v) is 2.88. The largest absolute Gasteiger partial charge is 0.507 e. The van der Waals surface area contributed by atoms with Crippen molar-refractivity contribution in [2.45, 2.75) is 78.7 Å². The number of ether oxygens (including phenoxy) is 1. The molecule has 5 nitrogen and oxygen atoms in total. The second-order valence-electron chi connectivity index (χ2n) is 8.47. The maximum absolute atomic E-state index is 10.5. The van der Waals surface area contributed by atoms with Gasteiger partial charge in [0.15, 0.2) is 11.5 Å². The molecule has 0 saturated heterocycles. The quantitative estimate of drug-likeness (QED) is 0.347. The number of carbonyl (C=O) groups is 1. The second kappa shape index (κ2) is 8.45. The second-order valence-corrected chi connectivity index (χ2v) is 8.47. The molecule has 0 unspecified atom stereocenters. The molecule has 0 spiro atoms. The highest BCUT2D eigenvalue weighted by Crippen LogP contribution is 2.40. The van der Waals surface area contributed by atoms with Crippen molar-refractivity contribution < 1.29 is 24.9 Å². The van der Waals surface area contributed by atoms with E-state index < -0.39 is 5.60 Å². The molecule has 0 saturated carbocycles. The zero-order valence-electron chi connectivity index (χ0n) is 16.1. The van der Waals surface area contributed by atoms with Gasteiger partial charge in [-0.2, -0.15) is 0 Å². The SMILES string of the molecule is CC(C)(C)CCCc1cc(O)c(O)c(CCCC(C)(C)OC=O)c1O. The summed E-state index contributed by atoms with van der Waals surface area (Å²) in [6, 6.07) is 1.44. The van der Waals surface area contributed by atoms with E-state index in [0.717, 1.165) is 12.8 Å². The molecule has 0 bridgehead atoms. The van der Waals surface area contributed by atoms with Gasteiger partial charge in [0.25, 0.3) is 6.47 Å². The Kier molecular flexibility index (Phi) is 7.15. The highest BCUT2D eigenvalue weighted by atomic mass is 16.5. The number of hydrogen-bond acceptors (Lipinski definition) is 5. The van der Waals surface area contributed by atoms with Crippen LogP contribution in [-0.4, -0.2) is 27.4 Å². The first-order chi connectivity index (χ1) is 11.5. The molecule has 1 aromatic carbocycles. The lowest BCUT2D eigenvalue weighted by Crippen LogP contribution is -2.23. The number of phenolic OH excluding ortho intramolecular Hbond substituents is 3. The van der Waals surface area contributed by atoms with Gasteiger partial charge in [0, 0.05) is 5.56 Å². The van der Waals surface area contributed by atoms with Gasteiger partial charge in [-0.15, -0.1) is 0 Å². The average Bonchev–Trinajstić information content (AvgIpc) is 2.46. The molecule has 0 heterocycles. The zero-order valence-corrected chi connectivity index (χ0v) is 16.1. The van der Waals surface area contributed by atoms with E-state index in [1.807, 2.05) is 13.8 Å². The lowest BCUT2D eigenvalue weighted by molar-refractivity contribution is -0.140. The number of hydrogen-bond donors (Lipinski definition) is 3. The number of benzene rings is 1. The molecule has 3 N–H and O–H groups in total. The van der Waals surface area contributed by atoms with Gasteiger partial charge in [0.2, 0.25) is 0 Å². The molecule has 0 radical (unpaired) electrons. The Morgan fingerprint density at radius 1 is 0.960 bits per heavy atom. The van der Waals surface area contributed by atoms with Crippen LogP contribution in [0.2, 0.25) is 0 Å². The predicted molar refractivity (Wildman–Crippen MR) is 98.0 cm³/mol. The van der Waals surface area contributed by atoms with Gasteiger partial charge in [0.05, 0.1) is 0 Å². The molecule has 1 rings (SSSR count). The molecule has 142 valence electrons. The van der Waals surface area contributed by atoms with Crippen LogP contribution in [0.15, 0.2) is 6.07 Å². The first-order valence-corrected chi connectivity index (χ1v) is 8.84. The number of aromatic hydroxyl groups is 3. The summed E-state index contributed by atoms with van der Waals surface area (Å²) in [5, 5.41) is 30.6. The van der Waals surface area contributed by atoms with Crippen LogP contribution in [0.4, 0.5) is 0 Å². The summed E-state index contributed by atoms with van der Waals surface area (Å²) in [4.78, 5) is 10.5. The van der Waals surface area contributed by atoms with E-state index in [2.05, 4.69) is 20.8 Å². The monoisotopic (exact) mass is 352 g/mol. The Labute approximate surface area is 150 Å². The minimum atomic E-state index is -0.598. The third-order valence-corrected chi connectivity index (χ3v) is 4.38. The molecule has 0 amide bonds. The molecular formula is C20H32O5. The fourth-order valence-electron chi connectivity index (χ4n) is 2.88. The van der Waals surface area contributed by atoms with Crippen LogP contribution in [0.5, 0.6) is 17.2 Å². The Bertz CT molecular complexity index is 585. The smallest absolute Gasteiger partial charge is 0.293 e. The highest BCUT2D eigenvalue weighted by Gasteiger charge is 2.21. The van der Waals surface area contributed by atoms with E-state index in [9.17, 15) is 20.1 Å². The lowest BCUT2D eigenvalue weighted by atomic mass is 9.88. The Morgan fingerprint density at radius 3 is 2.12 bits per heavy atom. The van der Waals surface area contributed by atoms with Gasteiger partial charge in [0.1, 0.15) is 11.4 Å². The van der Waals surface area contributed by atoms with Crippen molar-refractivity contribution in [3.05, 3.63) is 17.2 Å². The van der Waals surface area contributed by atoms with Gasteiger partial charge in [-0.25, -0.2) is 0 Å². The van der Waals surface area contributed by atoms with Crippen molar-refractivity contribution >= 4 is 6.47 Å². The van der Waals surface area contributed by atoms with E-state index in [1.54, 1.807) is 0 Å². The van der Waals surface area contributed by atoms with Crippen LogP contribution >= 0.6 is 0 Å². The normalized spacial score (nSPS) is 12.2. The molecule has 5 heteroatoms. The van der Waals surface area contributed by atoms with Crippen molar-refractivity contribution in [2.24, 2.45) is 5.41 Å². The molecule has 0 aliphatic carbocycles. The van der Waals surface area contributed by atoms with E-state index in [-0.39, 0.29) is 22.7 Å². The maximum atomic E-state index is 10.5. The summed E-state index contributed by atoms with van der Waals surface area (Å²) in [6.07, 6.45) is 4.11. The standard InChI is InChI=1S/C20H32O5/c1-19(2,3)10-6-8-14-12-16(22)18(24)15(17(14)23)9-7-11-20(4,5)25-13-21/h12-13,22-24H,6-11H2,1-5H3. The molecule has 0 atom stereocenters. The van der Waals surface area contributed by atoms with E-state index in [1.165, 1.54) is 6.07 Å². The highest BCUT2D eigenvalue weighted by molar-refractivity contribution is 5.56. The van der Waals surface area contributed by atoms with Crippen LogP contribution in [0.3, 0.4) is 0 Å². The van der Waals surface area contributed by atoms with E-state index in [4.69, 9.17) is 4.74 Å². The molecular weight excluding hydrogens is 320 g/mol. The fraction of sp³-hybridized carbons (Fsp3) is 0.650. The van der Waals surface area contributed by atoms with Gasteiger partial charge in [-0.3, -0.25) is 4.79 Å². The first kappa shape index (κ1) is 21.1. The summed E-state index contributed by atoms with van der Waals surface area (Å²) >= 11 is 0. The number of aryl methyl sites for hydroxylation is 1. The van der Waals surface area contributed by atoms with Gasteiger partial charge in [-0.1, -0.05) is 20.8 Å². The average molecular weight is 352 g/mol. The minimum absolute atomic E-state index is 0.0540. The summed E-state index contributed by atoms with van der Waals surface area (Å²) < 4.78 is 5.01. The third-order valence-electron chi connectivity index (χ3n) is 4.38. The van der Waals surface area contributed by atoms with E-state index >= 15 is 0 Å². The minimum Gasteiger partial charge on any atom is -0.507 e. The summed E-state index contributed by atoms with van der Waals surface area (Å²) in [6.45, 7) is 10.5. The van der Waals surface area contributed by atoms with Crippen molar-refractivity contribution in [1.82, 2.24) is 0 Å². The Morgan fingerprint density at radius 2 is 1.56 bits per heavy atom. The Hall–Kier alpha value is -1.91. The Balaban J connectivity index is 2.83. The van der Waals surface area contributed by atoms with Crippen molar-refractivity contribution in [1.29, 1.82) is 0 Å². The van der Waals surface area contributed by atoms with Crippen LogP contribution in [0.25, 0.3) is 0 Å². The summed E-state index contributed by atoms with van der Waals surface area (Å²) in [5.41, 5.74) is 0.617. The van der Waals surface area contributed by atoms with Gasteiger partial charge < -0.3 is 20.1 Å². The van der Waals surface area contributed by atoms with Crippen LogP contribution in [0.1, 0.15) is 71.4 Å². The topological polar surface area (TPSA) is 87.0 Å². The van der Waals surface area contributed by atoms with Crippen LogP contribution in [0, 0.1) is 5.41 Å². The van der Waals surface area contributed by atoms with Crippen molar-refractivity contribution in [3.8, 4) is 17.2 Å². The molecule has 0 aliphatic heterocycles.